The average molecular weight is 304 g/mol. The van der Waals surface area contributed by atoms with Gasteiger partial charge in [0.1, 0.15) is 0 Å². The number of H-pyrrole nitrogens is 1. The van der Waals surface area contributed by atoms with E-state index in [-0.39, 0.29) is 5.91 Å². The van der Waals surface area contributed by atoms with Crippen molar-refractivity contribution >= 4 is 5.91 Å². The Bertz CT molecular complexity index is 519. The van der Waals surface area contributed by atoms with Gasteiger partial charge in [0.2, 0.25) is 0 Å². The van der Waals surface area contributed by atoms with Crippen molar-refractivity contribution in [2.24, 2.45) is 10.8 Å². The fourth-order valence-corrected chi connectivity index (χ4v) is 4.11. The van der Waals surface area contributed by atoms with Crippen molar-refractivity contribution in [3.63, 3.8) is 0 Å². The zero-order valence-electron chi connectivity index (χ0n) is 14.1. The molecule has 1 amide bonds. The van der Waals surface area contributed by atoms with Gasteiger partial charge in [-0.3, -0.25) is 9.89 Å². The first-order valence-corrected chi connectivity index (χ1v) is 8.37. The molecule has 122 valence electrons. The van der Waals surface area contributed by atoms with Gasteiger partial charge >= 0.3 is 0 Å². The molecule has 0 aromatic carbocycles. The van der Waals surface area contributed by atoms with Gasteiger partial charge in [-0.25, -0.2) is 0 Å². The van der Waals surface area contributed by atoms with Gasteiger partial charge in [-0.2, -0.15) is 5.10 Å². The van der Waals surface area contributed by atoms with Crippen LogP contribution >= 0.6 is 0 Å². The van der Waals surface area contributed by atoms with Crippen LogP contribution in [0.3, 0.4) is 0 Å². The lowest BCUT2D eigenvalue weighted by atomic mass is 9.78. The Morgan fingerprint density at radius 3 is 2.82 bits per heavy atom. The number of likely N-dealkylation sites (tertiary alicyclic amines) is 2. The normalized spacial score (nSPS) is 26.8. The molecule has 22 heavy (non-hydrogen) atoms. The van der Waals surface area contributed by atoms with Gasteiger partial charge in [0.25, 0.3) is 5.91 Å². The Morgan fingerprint density at radius 1 is 1.32 bits per heavy atom. The lowest BCUT2D eigenvalue weighted by molar-refractivity contribution is 0.0595. The van der Waals surface area contributed by atoms with E-state index < -0.39 is 0 Å². The maximum absolute atomic E-state index is 12.5. The zero-order valence-corrected chi connectivity index (χ0v) is 14.1. The van der Waals surface area contributed by atoms with Gasteiger partial charge in [0.05, 0.1) is 11.8 Å². The number of amides is 1. The molecule has 2 saturated heterocycles. The second-order valence-electron chi connectivity index (χ2n) is 8.34. The standard InChI is InChI=1S/C17H28N4O/c1-16(2,3)11-20-7-4-5-17(12-20)6-8-21(13-17)15(22)14-9-18-19-10-14/h9-10H,4-8,11-13H2,1-3H3,(H,18,19). The number of hydrogen-bond acceptors (Lipinski definition) is 3. The summed E-state index contributed by atoms with van der Waals surface area (Å²) < 4.78 is 0. The molecule has 3 heterocycles. The van der Waals surface area contributed by atoms with Crippen LogP contribution in [-0.4, -0.2) is 58.6 Å². The topological polar surface area (TPSA) is 52.2 Å². The zero-order chi connectivity index (χ0) is 15.8. The predicted octanol–water partition coefficient (Wildman–Crippen LogP) is 2.38. The minimum Gasteiger partial charge on any atom is -0.338 e. The largest absolute Gasteiger partial charge is 0.338 e. The van der Waals surface area contributed by atoms with E-state index in [0.717, 1.165) is 32.6 Å². The molecule has 0 bridgehead atoms. The third-order valence-electron chi connectivity index (χ3n) is 4.91. The van der Waals surface area contributed by atoms with Crippen molar-refractivity contribution < 1.29 is 4.79 Å². The summed E-state index contributed by atoms with van der Waals surface area (Å²) in [5.41, 5.74) is 1.33. The Labute approximate surface area is 133 Å². The van der Waals surface area contributed by atoms with Crippen LogP contribution in [0.25, 0.3) is 0 Å². The van der Waals surface area contributed by atoms with Gasteiger partial charge in [0.15, 0.2) is 0 Å². The van der Waals surface area contributed by atoms with Crippen LogP contribution in [0.4, 0.5) is 0 Å². The summed E-state index contributed by atoms with van der Waals surface area (Å²) in [5.74, 6) is 0.124. The molecule has 0 saturated carbocycles. The van der Waals surface area contributed by atoms with Crippen molar-refractivity contribution in [2.75, 3.05) is 32.7 Å². The van der Waals surface area contributed by atoms with E-state index in [4.69, 9.17) is 0 Å². The minimum absolute atomic E-state index is 0.124. The monoisotopic (exact) mass is 304 g/mol. The van der Waals surface area contributed by atoms with Crippen LogP contribution in [0, 0.1) is 10.8 Å². The third-order valence-corrected chi connectivity index (χ3v) is 4.91. The average Bonchev–Trinajstić information content (AvgIpc) is 3.06. The van der Waals surface area contributed by atoms with E-state index >= 15 is 0 Å². The van der Waals surface area contributed by atoms with Crippen LogP contribution in [0.15, 0.2) is 12.4 Å². The van der Waals surface area contributed by atoms with E-state index in [2.05, 4.69) is 35.9 Å². The fraction of sp³-hybridized carbons (Fsp3) is 0.765. The summed E-state index contributed by atoms with van der Waals surface area (Å²) in [6.45, 7) is 12.2. The van der Waals surface area contributed by atoms with Gasteiger partial charge < -0.3 is 9.80 Å². The molecular formula is C17H28N4O. The Balaban J connectivity index is 1.64. The molecule has 1 spiro atoms. The molecule has 1 aromatic rings. The van der Waals surface area contributed by atoms with E-state index in [0.29, 0.717) is 16.4 Å². The predicted molar refractivity (Wildman–Crippen MR) is 86.7 cm³/mol. The highest BCUT2D eigenvalue weighted by molar-refractivity contribution is 5.93. The number of hydrogen-bond donors (Lipinski definition) is 1. The highest BCUT2D eigenvalue weighted by atomic mass is 16.2. The van der Waals surface area contributed by atoms with Gasteiger partial charge in [-0.05, 0) is 31.2 Å². The van der Waals surface area contributed by atoms with Crippen LogP contribution in [0.5, 0.6) is 0 Å². The van der Waals surface area contributed by atoms with Crippen LogP contribution in [0.1, 0.15) is 50.4 Å². The number of nitrogens with zero attached hydrogens (tertiary/aromatic N) is 3. The molecule has 2 fully saturated rings. The first-order valence-electron chi connectivity index (χ1n) is 8.37. The molecule has 2 aliphatic rings. The smallest absolute Gasteiger partial charge is 0.257 e. The van der Waals surface area contributed by atoms with Crippen molar-refractivity contribution in [1.29, 1.82) is 0 Å². The highest BCUT2D eigenvalue weighted by Gasteiger charge is 2.43. The molecule has 5 heteroatoms. The second-order valence-corrected chi connectivity index (χ2v) is 8.34. The molecule has 1 N–H and O–H groups in total. The van der Waals surface area contributed by atoms with Crippen LogP contribution in [0.2, 0.25) is 0 Å². The molecule has 1 unspecified atom stereocenters. The number of nitrogens with one attached hydrogen (secondary N) is 1. The Kier molecular flexibility index (Phi) is 4.02. The summed E-state index contributed by atoms with van der Waals surface area (Å²) in [4.78, 5) is 17.1. The quantitative estimate of drug-likeness (QED) is 0.912. The van der Waals surface area contributed by atoms with Crippen molar-refractivity contribution in [2.45, 2.75) is 40.0 Å². The van der Waals surface area contributed by atoms with Crippen molar-refractivity contribution in [3.8, 4) is 0 Å². The number of aromatic amines is 1. The molecule has 5 nitrogen and oxygen atoms in total. The first-order chi connectivity index (χ1) is 10.4. The SMILES string of the molecule is CC(C)(C)CN1CCCC2(CCN(C(=O)c3cn[nH]c3)C2)C1. The number of aromatic nitrogens is 2. The van der Waals surface area contributed by atoms with Gasteiger partial charge in [-0.1, -0.05) is 20.8 Å². The maximum Gasteiger partial charge on any atom is 0.257 e. The summed E-state index contributed by atoms with van der Waals surface area (Å²) in [5, 5.41) is 6.62. The summed E-state index contributed by atoms with van der Waals surface area (Å²) in [6.07, 6.45) is 6.96. The van der Waals surface area contributed by atoms with Crippen LogP contribution < -0.4 is 0 Å². The first kappa shape index (κ1) is 15.5. The van der Waals surface area contributed by atoms with E-state index in [1.165, 1.54) is 19.4 Å². The summed E-state index contributed by atoms with van der Waals surface area (Å²) in [7, 11) is 0. The van der Waals surface area contributed by atoms with E-state index in [9.17, 15) is 4.79 Å². The summed E-state index contributed by atoms with van der Waals surface area (Å²) >= 11 is 0. The molecule has 1 atom stereocenters. The number of piperidine rings is 1. The van der Waals surface area contributed by atoms with Crippen LogP contribution in [-0.2, 0) is 0 Å². The Morgan fingerprint density at radius 2 is 2.14 bits per heavy atom. The maximum atomic E-state index is 12.5. The van der Waals surface area contributed by atoms with E-state index in [1.807, 2.05) is 4.90 Å². The third kappa shape index (κ3) is 3.35. The Hall–Kier alpha value is -1.36. The van der Waals surface area contributed by atoms with Gasteiger partial charge in [-0.15, -0.1) is 0 Å². The number of rotatable bonds is 2. The fourth-order valence-electron chi connectivity index (χ4n) is 4.11. The minimum atomic E-state index is 0.124. The van der Waals surface area contributed by atoms with E-state index in [1.54, 1.807) is 12.4 Å². The molecular weight excluding hydrogens is 276 g/mol. The number of carbonyl (C=O) groups excluding carboxylic acids is 1. The molecule has 2 aliphatic heterocycles. The van der Waals surface area contributed by atoms with Crippen molar-refractivity contribution in [3.05, 3.63) is 18.0 Å². The molecule has 3 rings (SSSR count). The molecule has 0 radical (unpaired) electrons. The summed E-state index contributed by atoms with van der Waals surface area (Å²) in [6, 6.07) is 0. The second kappa shape index (κ2) is 5.69. The lowest BCUT2D eigenvalue weighted by Crippen LogP contribution is -2.47. The lowest BCUT2D eigenvalue weighted by Gasteiger charge is -2.42. The molecule has 1 aromatic heterocycles. The van der Waals surface area contributed by atoms with Crippen molar-refractivity contribution in [1.82, 2.24) is 20.0 Å². The highest BCUT2D eigenvalue weighted by Crippen LogP contribution is 2.40. The number of carbonyl (C=O) groups is 1. The van der Waals surface area contributed by atoms with Gasteiger partial charge in [0, 0.05) is 37.8 Å². The molecule has 0 aliphatic carbocycles.